The molecule has 4 nitrogen and oxygen atoms in total. The summed E-state index contributed by atoms with van der Waals surface area (Å²) in [5.74, 6) is -0.0293. The van der Waals surface area contributed by atoms with Crippen LogP contribution in [0.2, 0.25) is 0 Å². The number of carboxylic acids is 1. The number of fused-ring (bicyclic) bond motifs is 4. The van der Waals surface area contributed by atoms with Gasteiger partial charge < -0.3 is 14.7 Å². The molecule has 6 rings (SSSR count). The molecule has 200 valence electrons. The lowest BCUT2D eigenvalue weighted by Gasteiger charge is -2.29. The first-order chi connectivity index (χ1) is 19.4. The largest absolute Gasteiger partial charge is 0.494 e. The van der Waals surface area contributed by atoms with E-state index in [9.17, 15) is 9.90 Å². The standard InChI is InChI=1S/C36H33NO3/c1-4-5-20-40-28-17-19-31-30-18-16-27(22-32(30)36(2,3)33(31)23-28)37(26-13-8-12-25(21-26)35(38)39)34-15-9-11-24-10-6-7-14-29(24)34/h6-19,21-23H,4-5,20H2,1-3H3,(H,38,39). The summed E-state index contributed by atoms with van der Waals surface area (Å²) in [6.45, 7) is 7.43. The zero-order valence-electron chi connectivity index (χ0n) is 23.1. The third kappa shape index (κ3) is 4.40. The van der Waals surface area contributed by atoms with Crippen LogP contribution in [0.3, 0.4) is 0 Å². The number of aromatic carboxylic acids is 1. The molecule has 1 aliphatic carbocycles. The van der Waals surface area contributed by atoms with Gasteiger partial charge in [0.25, 0.3) is 0 Å². The van der Waals surface area contributed by atoms with Gasteiger partial charge in [0.05, 0.1) is 17.9 Å². The van der Waals surface area contributed by atoms with Crippen LogP contribution >= 0.6 is 0 Å². The van der Waals surface area contributed by atoms with Gasteiger partial charge in [-0.15, -0.1) is 0 Å². The van der Waals surface area contributed by atoms with Gasteiger partial charge >= 0.3 is 5.97 Å². The van der Waals surface area contributed by atoms with Crippen molar-refractivity contribution in [1.82, 2.24) is 0 Å². The number of ether oxygens (including phenoxy) is 1. The van der Waals surface area contributed by atoms with Gasteiger partial charge in [-0.3, -0.25) is 0 Å². The average Bonchev–Trinajstić information content (AvgIpc) is 3.19. The first kappa shape index (κ1) is 25.7. The van der Waals surface area contributed by atoms with Crippen LogP contribution in [0.15, 0.2) is 103 Å². The van der Waals surface area contributed by atoms with Crippen LogP contribution < -0.4 is 9.64 Å². The summed E-state index contributed by atoms with van der Waals surface area (Å²) in [6, 6.07) is 34.8. The summed E-state index contributed by atoms with van der Waals surface area (Å²) in [4.78, 5) is 14.1. The molecule has 40 heavy (non-hydrogen) atoms. The first-order valence-electron chi connectivity index (χ1n) is 13.9. The maximum absolute atomic E-state index is 11.9. The van der Waals surface area contributed by atoms with Crippen LogP contribution in [-0.2, 0) is 5.41 Å². The quantitative estimate of drug-likeness (QED) is 0.204. The van der Waals surface area contributed by atoms with Crippen molar-refractivity contribution < 1.29 is 14.6 Å². The molecule has 0 heterocycles. The fraction of sp³-hybridized carbons (Fsp3) is 0.194. The van der Waals surface area contributed by atoms with E-state index >= 15 is 0 Å². The van der Waals surface area contributed by atoms with Gasteiger partial charge in [-0.05, 0) is 82.6 Å². The summed E-state index contributed by atoms with van der Waals surface area (Å²) >= 11 is 0. The van der Waals surface area contributed by atoms with Crippen LogP contribution in [0.1, 0.15) is 55.1 Å². The minimum Gasteiger partial charge on any atom is -0.494 e. The molecule has 4 heteroatoms. The van der Waals surface area contributed by atoms with Gasteiger partial charge in [-0.1, -0.05) is 81.8 Å². The maximum Gasteiger partial charge on any atom is 0.335 e. The molecule has 0 saturated heterocycles. The molecule has 1 N–H and O–H groups in total. The minimum absolute atomic E-state index is 0.224. The lowest BCUT2D eigenvalue weighted by molar-refractivity contribution is 0.0697. The number of rotatable bonds is 8. The van der Waals surface area contributed by atoms with Gasteiger partial charge in [0.1, 0.15) is 5.75 Å². The van der Waals surface area contributed by atoms with E-state index < -0.39 is 5.97 Å². The molecular formula is C36H33NO3. The highest BCUT2D eigenvalue weighted by Gasteiger charge is 2.36. The van der Waals surface area contributed by atoms with Crippen LogP contribution in [0.5, 0.6) is 5.75 Å². The average molecular weight is 528 g/mol. The number of nitrogens with zero attached hydrogens (tertiary/aromatic N) is 1. The van der Waals surface area contributed by atoms with E-state index in [4.69, 9.17) is 4.74 Å². The molecule has 0 amide bonds. The van der Waals surface area contributed by atoms with Crippen molar-refractivity contribution in [3.05, 3.63) is 120 Å². The number of anilines is 3. The molecule has 0 radical (unpaired) electrons. The number of hydrogen-bond acceptors (Lipinski definition) is 3. The number of hydrogen-bond donors (Lipinski definition) is 1. The van der Waals surface area contributed by atoms with Crippen molar-refractivity contribution in [2.24, 2.45) is 0 Å². The predicted molar refractivity (Wildman–Crippen MR) is 164 cm³/mol. The molecule has 1 aliphatic rings. The Morgan fingerprint density at radius 3 is 2.30 bits per heavy atom. The van der Waals surface area contributed by atoms with E-state index in [0.29, 0.717) is 0 Å². The van der Waals surface area contributed by atoms with Gasteiger partial charge in [0.2, 0.25) is 0 Å². The van der Waals surface area contributed by atoms with Crippen LogP contribution in [0, 0.1) is 0 Å². The molecular weight excluding hydrogens is 494 g/mol. The van der Waals surface area contributed by atoms with E-state index in [1.165, 1.54) is 22.3 Å². The molecule has 0 aliphatic heterocycles. The Hall–Kier alpha value is -4.57. The molecule has 0 bridgehead atoms. The van der Waals surface area contributed by atoms with Gasteiger partial charge in [0.15, 0.2) is 0 Å². The van der Waals surface area contributed by atoms with E-state index in [-0.39, 0.29) is 11.0 Å². The summed E-state index contributed by atoms with van der Waals surface area (Å²) in [5, 5.41) is 12.0. The Labute approximate surface area is 235 Å². The third-order valence-electron chi connectivity index (χ3n) is 8.01. The topological polar surface area (TPSA) is 49.8 Å². The minimum atomic E-state index is -0.942. The summed E-state index contributed by atoms with van der Waals surface area (Å²) < 4.78 is 6.06. The first-order valence-corrected chi connectivity index (χ1v) is 13.9. The molecule has 0 aromatic heterocycles. The summed E-state index contributed by atoms with van der Waals surface area (Å²) in [5.41, 5.74) is 7.78. The van der Waals surface area contributed by atoms with Crippen molar-refractivity contribution >= 4 is 33.8 Å². The van der Waals surface area contributed by atoms with E-state index in [2.05, 4.69) is 92.4 Å². The Morgan fingerprint density at radius 1 is 0.800 bits per heavy atom. The Kier molecular flexibility index (Phi) is 6.55. The number of benzene rings is 5. The Morgan fingerprint density at radius 2 is 1.50 bits per heavy atom. The molecule has 0 fully saturated rings. The second-order valence-corrected chi connectivity index (χ2v) is 11.0. The summed E-state index contributed by atoms with van der Waals surface area (Å²) in [6.07, 6.45) is 2.14. The third-order valence-corrected chi connectivity index (χ3v) is 8.01. The maximum atomic E-state index is 11.9. The fourth-order valence-corrected chi connectivity index (χ4v) is 5.88. The zero-order chi connectivity index (χ0) is 27.9. The van der Waals surface area contributed by atoms with Crippen molar-refractivity contribution in [3.63, 3.8) is 0 Å². The molecule has 5 aromatic carbocycles. The van der Waals surface area contributed by atoms with Gasteiger partial charge in [0, 0.05) is 22.2 Å². The SMILES string of the molecule is CCCCOc1ccc2c(c1)C(C)(C)c1cc(N(c3cccc(C(=O)O)c3)c3cccc4ccccc34)ccc1-2. The van der Waals surface area contributed by atoms with Gasteiger partial charge in [-0.25, -0.2) is 4.79 Å². The highest BCUT2D eigenvalue weighted by atomic mass is 16.5. The second kappa shape index (κ2) is 10.2. The lowest BCUT2D eigenvalue weighted by atomic mass is 9.82. The monoisotopic (exact) mass is 527 g/mol. The summed E-state index contributed by atoms with van der Waals surface area (Å²) in [7, 11) is 0. The predicted octanol–water partition coefficient (Wildman–Crippen LogP) is 9.49. The zero-order valence-corrected chi connectivity index (χ0v) is 23.1. The number of carbonyl (C=O) groups is 1. The molecule has 0 unspecified atom stereocenters. The number of unbranched alkanes of at least 4 members (excludes halogenated alkanes) is 1. The molecule has 0 saturated carbocycles. The van der Waals surface area contributed by atoms with Crippen molar-refractivity contribution in [2.75, 3.05) is 11.5 Å². The Balaban J connectivity index is 1.50. The van der Waals surface area contributed by atoms with Crippen LogP contribution in [0.25, 0.3) is 21.9 Å². The van der Waals surface area contributed by atoms with E-state index in [1.54, 1.807) is 12.1 Å². The second-order valence-electron chi connectivity index (χ2n) is 11.0. The molecule has 5 aromatic rings. The van der Waals surface area contributed by atoms with Crippen LogP contribution in [0.4, 0.5) is 17.1 Å². The van der Waals surface area contributed by atoms with Crippen molar-refractivity contribution in [2.45, 2.75) is 39.0 Å². The fourth-order valence-electron chi connectivity index (χ4n) is 5.88. The lowest BCUT2D eigenvalue weighted by Crippen LogP contribution is -2.17. The van der Waals surface area contributed by atoms with Crippen molar-refractivity contribution in [3.8, 4) is 16.9 Å². The van der Waals surface area contributed by atoms with Gasteiger partial charge in [-0.2, -0.15) is 0 Å². The van der Waals surface area contributed by atoms with E-state index in [0.717, 1.165) is 53.0 Å². The Bertz CT molecular complexity index is 1730. The number of carboxylic acid groups (broad SMARTS) is 1. The van der Waals surface area contributed by atoms with E-state index in [1.807, 2.05) is 24.3 Å². The highest BCUT2D eigenvalue weighted by molar-refractivity contribution is 6.00. The van der Waals surface area contributed by atoms with Crippen molar-refractivity contribution in [1.29, 1.82) is 0 Å². The smallest absolute Gasteiger partial charge is 0.335 e. The normalized spacial score (nSPS) is 13.1. The molecule has 0 atom stereocenters. The molecule has 0 spiro atoms. The highest BCUT2D eigenvalue weighted by Crippen LogP contribution is 2.51. The van der Waals surface area contributed by atoms with Crippen LogP contribution in [-0.4, -0.2) is 17.7 Å².